The number of halogens is 1. The third-order valence-corrected chi connectivity index (χ3v) is 3.03. The van der Waals surface area contributed by atoms with Crippen LogP contribution in [0.1, 0.15) is 24.7 Å². The van der Waals surface area contributed by atoms with Crippen LogP contribution in [0.3, 0.4) is 0 Å². The van der Waals surface area contributed by atoms with E-state index in [1.165, 1.54) is 0 Å². The number of rotatable bonds is 6. The second-order valence-corrected chi connectivity index (χ2v) is 4.40. The van der Waals surface area contributed by atoms with E-state index in [1.807, 2.05) is 13.8 Å². The average molecular weight is 246 g/mol. The molecule has 0 fully saturated rings. The summed E-state index contributed by atoms with van der Waals surface area (Å²) in [6.07, 6.45) is 0.638. The van der Waals surface area contributed by atoms with Crippen LogP contribution in [0, 0.1) is 13.8 Å². The summed E-state index contributed by atoms with van der Waals surface area (Å²) in [5.41, 5.74) is 1.72. The first kappa shape index (κ1) is 13.5. The second-order valence-electron chi connectivity index (χ2n) is 4.02. The topological polar surface area (TPSA) is 50.1 Å². The van der Waals surface area contributed by atoms with Gasteiger partial charge in [-0.25, -0.2) is 0 Å². The zero-order chi connectivity index (χ0) is 12.1. The van der Waals surface area contributed by atoms with E-state index in [-0.39, 0.29) is 0 Å². The molecule has 0 aromatic carbocycles. The highest BCUT2D eigenvalue weighted by Crippen LogP contribution is 2.18. The van der Waals surface area contributed by atoms with Crippen molar-refractivity contribution in [3.63, 3.8) is 0 Å². The van der Waals surface area contributed by atoms with E-state index in [0.717, 1.165) is 24.4 Å². The fourth-order valence-electron chi connectivity index (χ4n) is 1.56. The van der Waals surface area contributed by atoms with Crippen molar-refractivity contribution in [2.45, 2.75) is 39.8 Å². The smallest absolute Gasteiger partial charge is 0.0860 e. The van der Waals surface area contributed by atoms with Gasteiger partial charge in [0.2, 0.25) is 0 Å². The number of aromatic nitrogens is 2. The summed E-state index contributed by atoms with van der Waals surface area (Å²) in [5.74, 6) is 0. The zero-order valence-corrected chi connectivity index (χ0v) is 10.9. The molecular weight excluding hydrogens is 226 g/mol. The summed E-state index contributed by atoms with van der Waals surface area (Å²) in [7, 11) is 0. The van der Waals surface area contributed by atoms with Crippen LogP contribution < -0.4 is 5.32 Å². The number of nitrogens with zero attached hydrogens (tertiary/aromatic N) is 2. The highest BCUT2D eigenvalue weighted by atomic mass is 35.5. The Labute approximate surface area is 102 Å². The Balaban J connectivity index is 2.49. The summed E-state index contributed by atoms with van der Waals surface area (Å²) in [6, 6.07) is 0. The zero-order valence-electron chi connectivity index (χ0n) is 10.1. The number of nitrogens with one attached hydrogen (secondary N) is 1. The SMILES string of the molecule is CCCNCC(O)Cn1nc(C)c(Cl)c1C. The number of hydrogen-bond donors (Lipinski definition) is 2. The van der Waals surface area contributed by atoms with Crippen molar-refractivity contribution in [1.29, 1.82) is 0 Å². The lowest BCUT2D eigenvalue weighted by Gasteiger charge is -2.12. The molecule has 92 valence electrons. The van der Waals surface area contributed by atoms with Gasteiger partial charge >= 0.3 is 0 Å². The molecule has 1 rings (SSSR count). The molecule has 1 unspecified atom stereocenters. The molecule has 0 saturated heterocycles. The molecule has 1 atom stereocenters. The maximum atomic E-state index is 9.79. The van der Waals surface area contributed by atoms with Gasteiger partial charge in [0, 0.05) is 6.54 Å². The van der Waals surface area contributed by atoms with Crippen LogP contribution >= 0.6 is 11.6 Å². The first-order valence-corrected chi connectivity index (χ1v) is 6.02. The Hall–Kier alpha value is -0.580. The number of aryl methyl sites for hydroxylation is 1. The molecule has 1 heterocycles. The van der Waals surface area contributed by atoms with Crippen molar-refractivity contribution in [2.75, 3.05) is 13.1 Å². The molecule has 0 amide bonds. The minimum atomic E-state index is -0.430. The van der Waals surface area contributed by atoms with Crippen molar-refractivity contribution >= 4 is 11.6 Å². The summed E-state index contributed by atoms with van der Waals surface area (Å²) >= 11 is 6.03. The molecule has 16 heavy (non-hydrogen) atoms. The van der Waals surface area contributed by atoms with E-state index >= 15 is 0 Å². The van der Waals surface area contributed by atoms with E-state index in [2.05, 4.69) is 17.3 Å². The van der Waals surface area contributed by atoms with Crippen LogP contribution in [0.2, 0.25) is 5.02 Å². The molecule has 1 aromatic heterocycles. The van der Waals surface area contributed by atoms with Crippen molar-refractivity contribution in [2.24, 2.45) is 0 Å². The van der Waals surface area contributed by atoms with Gasteiger partial charge in [-0.2, -0.15) is 5.10 Å². The molecular formula is C11H20ClN3O. The van der Waals surface area contributed by atoms with E-state index in [9.17, 15) is 5.11 Å². The predicted molar refractivity (Wildman–Crippen MR) is 65.9 cm³/mol. The van der Waals surface area contributed by atoms with E-state index in [4.69, 9.17) is 11.6 Å². The van der Waals surface area contributed by atoms with Gasteiger partial charge in [0.25, 0.3) is 0 Å². The number of aliphatic hydroxyl groups excluding tert-OH is 1. The molecule has 0 aliphatic carbocycles. The van der Waals surface area contributed by atoms with Crippen LogP contribution in [-0.2, 0) is 6.54 Å². The molecule has 4 nitrogen and oxygen atoms in total. The van der Waals surface area contributed by atoms with Gasteiger partial charge in [0.1, 0.15) is 0 Å². The van der Waals surface area contributed by atoms with Crippen molar-refractivity contribution in [3.8, 4) is 0 Å². The first-order valence-electron chi connectivity index (χ1n) is 5.64. The molecule has 5 heteroatoms. The molecule has 0 aliphatic heterocycles. The molecule has 0 radical (unpaired) electrons. The fraction of sp³-hybridized carbons (Fsp3) is 0.727. The third-order valence-electron chi connectivity index (χ3n) is 2.48. The predicted octanol–water partition coefficient (Wildman–Crippen LogP) is 1.51. The Morgan fingerprint density at radius 3 is 2.69 bits per heavy atom. The van der Waals surface area contributed by atoms with Crippen LogP contribution in [0.25, 0.3) is 0 Å². The fourth-order valence-corrected chi connectivity index (χ4v) is 1.70. The monoisotopic (exact) mass is 245 g/mol. The van der Waals surface area contributed by atoms with Crippen molar-refractivity contribution in [1.82, 2.24) is 15.1 Å². The summed E-state index contributed by atoms with van der Waals surface area (Å²) in [5, 5.41) is 17.9. The van der Waals surface area contributed by atoms with E-state index in [1.54, 1.807) is 4.68 Å². The van der Waals surface area contributed by atoms with Crippen LogP contribution in [0.5, 0.6) is 0 Å². The molecule has 0 aliphatic rings. The molecule has 0 spiro atoms. The van der Waals surface area contributed by atoms with Crippen LogP contribution in [0.15, 0.2) is 0 Å². The van der Waals surface area contributed by atoms with Gasteiger partial charge in [-0.15, -0.1) is 0 Å². The van der Waals surface area contributed by atoms with Gasteiger partial charge in [-0.3, -0.25) is 4.68 Å². The van der Waals surface area contributed by atoms with Gasteiger partial charge in [0.05, 0.1) is 29.1 Å². The Morgan fingerprint density at radius 2 is 2.19 bits per heavy atom. The second kappa shape index (κ2) is 6.23. The molecule has 1 aromatic rings. The maximum Gasteiger partial charge on any atom is 0.0860 e. The van der Waals surface area contributed by atoms with Gasteiger partial charge in [-0.1, -0.05) is 18.5 Å². The summed E-state index contributed by atoms with van der Waals surface area (Å²) < 4.78 is 1.76. The number of aliphatic hydroxyl groups is 1. The van der Waals surface area contributed by atoms with Gasteiger partial charge in [0.15, 0.2) is 0 Å². The Morgan fingerprint density at radius 1 is 1.50 bits per heavy atom. The quantitative estimate of drug-likeness (QED) is 0.747. The third kappa shape index (κ3) is 3.47. The average Bonchev–Trinajstić information content (AvgIpc) is 2.47. The first-order chi connectivity index (χ1) is 7.56. The van der Waals surface area contributed by atoms with E-state index < -0.39 is 6.10 Å². The highest BCUT2D eigenvalue weighted by molar-refractivity contribution is 6.31. The van der Waals surface area contributed by atoms with Gasteiger partial charge in [-0.05, 0) is 26.8 Å². The standard InChI is InChI=1S/C11H20ClN3O/c1-4-5-13-6-10(16)7-15-9(3)11(12)8(2)14-15/h10,13,16H,4-7H2,1-3H3. The van der Waals surface area contributed by atoms with Gasteiger partial charge < -0.3 is 10.4 Å². The molecule has 0 saturated carbocycles. The Kier molecular flexibility index (Phi) is 5.25. The lowest BCUT2D eigenvalue weighted by molar-refractivity contribution is 0.146. The van der Waals surface area contributed by atoms with Crippen LogP contribution in [0.4, 0.5) is 0 Å². The summed E-state index contributed by atoms with van der Waals surface area (Å²) in [6.45, 7) is 7.87. The largest absolute Gasteiger partial charge is 0.390 e. The molecule has 0 bridgehead atoms. The molecule has 2 N–H and O–H groups in total. The summed E-state index contributed by atoms with van der Waals surface area (Å²) in [4.78, 5) is 0. The minimum absolute atomic E-state index is 0.430. The minimum Gasteiger partial charge on any atom is -0.390 e. The van der Waals surface area contributed by atoms with Crippen molar-refractivity contribution in [3.05, 3.63) is 16.4 Å². The van der Waals surface area contributed by atoms with Crippen LogP contribution in [-0.4, -0.2) is 34.1 Å². The van der Waals surface area contributed by atoms with E-state index in [0.29, 0.717) is 18.1 Å². The normalized spacial score (nSPS) is 13.1. The number of hydrogen-bond acceptors (Lipinski definition) is 3. The Bertz CT molecular complexity index is 338. The lowest BCUT2D eigenvalue weighted by Crippen LogP contribution is -2.31. The van der Waals surface area contributed by atoms with Crippen molar-refractivity contribution < 1.29 is 5.11 Å². The lowest BCUT2D eigenvalue weighted by atomic mass is 10.3. The highest BCUT2D eigenvalue weighted by Gasteiger charge is 2.12. The maximum absolute atomic E-state index is 9.79.